The highest BCUT2D eigenvalue weighted by molar-refractivity contribution is 9.10. The molecule has 0 bridgehead atoms. The standard InChI is InChI=1S/C32H26BrN3O5S/c1-19(24-16-28(32(38)39)35-31-25(24)17-27(34-31)22-14-15-22)20-10-12-21(13-11-20)23-6-2-4-8-29(23)36(18-37)42(40,41)30-9-5-3-7-26(30)33/h2-13,16-19,22H,14-15H2,1H3,(H,34,35)(H,38,39). The van der Waals surface area contributed by atoms with E-state index < -0.39 is 16.0 Å². The third-order valence-electron chi connectivity index (χ3n) is 7.69. The number of carbonyl (C=O) groups excluding carboxylic acids is 1. The van der Waals surface area contributed by atoms with Gasteiger partial charge in [-0.15, -0.1) is 0 Å². The summed E-state index contributed by atoms with van der Waals surface area (Å²) >= 11 is 3.28. The van der Waals surface area contributed by atoms with Crippen molar-refractivity contribution in [3.8, 4) is 11.1 Å². The number of carboxylic acid groups (broad SMARTS) is 1. The first-order valence-electron chi connectivity index (χ1n) is 13.4. The van der Waals surface area contributed by atoms with Gasteiger partial charge in [-0.05, 0) is 81.7 Å². The van der Waals surface area contributed by atoms with Crippen LogP contribution in [0.15, 0.2) is 94.3 Å². The summed E-state index contributed by atoms with van der Waals surface area (Å²) in [5.41, 5.74) is 4.97. The summed E-state index contributed by atoms with van der Waals surface area (Å²) in [4.78, 5) is 31.7. The Kier molecular flexibility index (Phi) is 7.20. The molecule has 1 unspecified atom stereocenters. The Morgan fingerprint density at radius 1 is 1.05 bits per heavy atom. The molecule has 0 spiro atoms. The van der Waals surface area contributed by atoms with Crippen molar-refractivity contribution >= 4 is 55.1 Å². The van der Waals surface area contributed by atoms with Gasteiger partial charge < -0.3 is 10.1 Å². The van der Waals surface area contributed by atoms with Crippen molar-refractivity contribution in [1.29, 1.82) is 0 Å². The lowest BCUT2D eigenvalue weighted by molar-refractivity contribution is -0.106. The summed E-state index contributed by atoms with van der Waals surface area (Å²) in [6.07, 6.45) is 2.53. The first-order valence-corrected chi connectivity index (χ1v) is 15.6. The number of benzene rings is 3. The molecule has 2 heterocycles. The summed E-state index contributed by atoms with van der Waals surface area (Å²) in [5.74, 6) is -0.771. The third kappa shape index (κ3) is 5.01. The maximum absolute atomic E-state index is 13.5. The number of hydrogen-bond donors (Lipinski definition) is 2. The Hall–Kier alpha value is -4.28. The smallest absolute Gasteiger partial charge is 0.354 e. The van der Waals surface area contributed by atoms with Crippen LogP contribution in [0.3, 0.4) is 0 Å². The van der Waals surface area contributed by atoms with E-state index in [1.54, 1.807) is 48.5 Å². The number of anilines is 1. The Bertz CT molecular complexity index is 1950. The largest absolute Gasteiger partial charge is 0.477 e. The van der Waals surface area contributed by atoms with Crippen LogP contribution >= 0.6 is 15.9 Å². The second-order valence-corrected chi connectivity index (χ2v) is 13.0. The van der Waals surface area contributed by atoms with Crippen LogP contribution in [0, 0.1) is 0 Å². The number of pyridine rings is 1. The van der Waals surface area contributed by atoms with Gasteiger partial charge in [0, 0.05) is 27.0 Å². The lowest BCUT2D eigenvalue weighted by Gasteiger charge is -2.22. The molecule has 8 nitrogen and oxygen atoms in total. The SMILES string of the molecule is CC(c1ccc(-c2ccccc2N(C=O)S(=O)(=O)c2ccccc2Br)cc1)c1cc(C(=O)O)nc2[nH]c(C3CC3)cc12. The average Bonchev–Trinajstić information content (AvgIpc) is 3.75. The molecule has 1 amide bonds. The molecule has 0 aliphatic heterocycles. The molecule has 0 saturated heterocycles. The fourth-order valence-electron chi connectivity index (χ4n) is 5.28. The van der Waals surface area contributed by atoms with Gasteiger partial charge in [0.1, 0.15) is 10.5 Å². The average molecular weight is 645 g/mol. The second-order valence-electron chi connectivity index (χ2n) is 10.4. The molecule has 1 fully saturated rings. The number of nitrogens with zero attached hydrogens (tertiary/aromatic N) is 2. The lowest BCUT2D eigenvalue weighted by atomic mass is 9.90. The first kappa shape index (κ1) is 27.9. The monoisotopic (exact) mass is 643 g/mol. The number of carboxylic acids is 1. The van der Waals surface area contributed by atoms with Crippen LogP contribution in [0.25, 0.3) is 22.2 Å². The van der Waals surface area contributed by atoms with Crippen molar-refractivity contribution in [3.63, 3.8) is 0 Å². The molecule has 1 aliphatic rings. The zero-order valence-electron chi connectivity index (χ0n) is 22.5. The quantitative estimate of drug-likeness (QED) is 0.166. The molecule has 10 heteroatoms. The summed E-state index contributed by atoms with van der Waals surface area (Å²) in [7, 11) is -4.19. The van der Waals surface area contributed by atoms with Gasteiger partial charge >= 0.3 is 5.97 Å². The summed E-state index contributed by atoms with van der Waals surface area (Å²) in [6, 6.07) is 24.5. The number of aromatic nitrogens is 2. The van der Waals surface area contributed by atoms with E-state index in [1.807, 2.05) is 31.2 Å². The van der Waals surface area contributed by atoms with Crippen molar-refractivity contribution in [2.24, 2.45) is 0 Å². The van der Waals surface area contributed by atoms with Crippen LogP contribution < -0.4 is 4.31 Å². The molecule has 2 aromatic heterocycles. The van der Waals surface area contributed by atoms with Crippen molar-refractivity contribution in [2.45, 2.75) is 36.5 Å². The van der Waals surface area contributed by atoms with E-state index in [-0.39, 0.29) is 22.2 Å². The number of aromatic amines is 1. The molecule has 5 aromatic rings. The molecule has 3 aromatic carbocycles. The minimum absolute atomic E-state index is 0.0145. The number of nitrogens with one attached hydrogen (secondary N) is 1. The molecule has 42 heavy (non-hydrogen) atoms. The zero-order chi connectivity index (χ0) is 29.6. The molecule has 6 rings (SSSR count). The van der Waals surface area contributed by atoms with Gasteiger partial charge in [-0.3, -0.25) is 4.79 Å². The molecule has 1 atom stereocenters. The van der Waals surface area contributed by atoms with E-state index in [1.165, 1.54) is 6.07 Å². The fraction of sp³-hybridized carbons (Fsp3) is 0.156. The van der Waals surface area contributed by atoms with Crippen LogP contribution in [0.1, 0.15) is 58.9 Å². The molecule has 2 N–H and O–H groups in total. The number of para-hydroxylation sites is 1. The molecule has 212 valence electrons. The molecular formula is C32H26BrN3O5S. The lowest BCUT2D eigenvalue weighted by Crippen LogP contribution is -2.30. The van der Waals surface area contributed by atoms with Gasteiger partial charge in [0.15, 0.2) is 5.69 Å². The highest BCUT2D eigenvalue weighted by atomic mass is 79.9. The fourth-order valence-corrected chi connectivity index (χ4v) is 7.48. The third-order valence-corrected chi connectivity index (χ3v) is 10.4. The van der Waals surface area contributed by atoms with E-state index in [0.29, 0.717) is 28.0 Å². The van der Waals surface area contributed by atoms with Crippen LogP contribution in [-0.4, -0.2) is 35.9 Å². The summed E-state index contributed by atoms with van der Waals surface area (Å²) in [6.45, 7) is 2.02. The van der Waals surface area contributed by atoms with E-state index >= 15 is 0 Å². The van der Waals surface area contributed by atoms with Crippen molar-refractivity contribution in [3.05, 3.63) is 112 Å². The normalized spacial score (nSPS) is 14.0. The highest BCUT2D eigenvalue weighted by Crippen LogP contribution is 2.42. The number of halogens is 1. The molecule has 1 saturated carbocycles. The second kappa shape index (κ2) is 10.8. The van der Waals surface area contributed by atoms with Crippen LogP contribution in [0.4, 0.5) is 5.69 Å². The van der Waals surface area contributed by atoms with Gasteiger partial charge in [-0.25, -0.2) is 22.5 Å². The first-order chi connectivity index (χ1) is 20.2. The van der Waals surface area contributed by atoms with E-state index in [2.05, 4.69) is 32.0 Å². The number of H-pyrrole nitrogens is 1. The molecule has 1 aliphatic carbocycles. The topological polar surface area (TPSA) is 120 Å². The maximum Gasteiger partial charge on any atom is 0.354 e. The van der Waals surface area contributed by atoms with Gasteiger partial charge in [0.2, 0.25) is 6.41 Å². The van der Waals surface area contributed by atoms with Crippen LogP contribution in [0.5, 0.6) is 0 Å². The minimum Gasteiger partial charge on any atom is -0.477 e. The summed E-state index contributed by atoms with van der Waals surface area (Å²) in [5, 5.41) is 10.6. The minimum atomic E-state index is -4.19. The number of hydrogen-bond acceptors (Lipinski definition) is 5. The number of aromatic carboxylic acids is 1. The molecular weight excluding hydrogens is 618 g/mol. The maximum atomic E-state index is 13.5. The van der Waals surface area contributed by atoms with Crippen molar-refractivity contribution < 1.29 is 23.1 Å². The number of amides is 1. The van der Waals surface area contributed by atoms with Gasteiger partial charge in [-0.2, -0.15) is 0 Å². The number of carbonyl (C=O) groups is 2. The highest BCUT2D eigenvalue weighted by Gasteiger charge is 2.29. The van der Waals surface area contributed by atoms with E-state index in [0.717, 1.165) is 44.9 Å². The van der Waals surface area contributed by atoms with Crippen LogP contribution in [0.2, 0.25) is 0 Å². The van der Waals surface area contributed by atoms with Crippen molar-refractivity contribution in [2.75, 3.05) is 4.31 Å². The Morgan fingerprint density at radius 3 is 2.40 bits per heavy atom. The Labute approximate surface area is 251 Å². The number of fused-ring (bicyclic) bond motifs is 1. The Morgan fingerprint density at radius 2 is 1.74 bits per heavy atom. The predicted octanol–water partition coefficient (Wildman–Crippen LogP) is 7.07. The number of rotatable bonds is 9. The summed E-state index contributed by atoms with van der Waals surface area (Å²) < 4.78 is 28.1. The predicted molar refractivity (Wildman–Crippen MR) is 164 cm³/mol. The van der Waals surface area contributed by atoms with Crippen LogP contribution in [-0.2, 0) is 14.8 Å². The molecule has 0 radical (unpaired) electrons. The van der Waals surface area contributed by atoms with E-state index in [9.17, 15) is 23.1 Å². The van der Waals surface area contributed by atoms with Crippen molar-refractivity contribution in [1.82, 2.24) is 9.97 Å². The Balaban J connectivity index is 1.37. The van der Waals surface area contributed by atoms with Gasteiger partial charge in [-0.1, -0.05) is 61.5 Å². The number of sulfonamides is 1. The zero-order valence-corrected chi connectivity index (χ0v) is 24.9. The van der Waals surface area contributed by atoms with Gasteiger partial charge in [0.05, 0.1) is 5.69 Å². The van der Waals surface area contributed by atoms with E-state index in [4.69, 9.17) is 0 Å². The van der Waals surface area contributed by atoms with Gasteiger partial charge in [0.25, 0.3) is 10.0 Å².